The summed E-state index contributed by atoms with van der Waals surface area (Å²) in [7, 11) is 0. The Labute approximate surface area is 254 Å². The third kappa shape index (κ3) is 4.09. The molecule has 0 bridgehead atoms. The van der Waals surface area contributed by atoms with Crippen molar-refractivity contribution in [2.24, 2.45) is 10.9 Å². The molecule has 43 heavy (non-hydrogen) atoms. The topological polar surface area (TPSA) is 27.6 Å². The molecule has 0 fully saturated rings. The van der Waals surface area contributed by atoms with Crippen LogP contribution in [0.1, 0.15) is 23.7 Å². The number of aliphatic imine (C=N–C) groups is 1. The van der Waals surface area contributed by atoms with Crippen molar-refractivity contribution in [2.45, 2.75) is 22.9 Å². The van der Waals surface area contributed by atoms with Crippen LogP contribution in [0.3, 0.4) is 0 Å². The third-order valence-electron chi connectivity index (χ3n) is 9.00. The van der Waals surface area contributed by atoms with Crippen molar-refractivity contribution in [3.63, 3.8) is 0 Å². The second kappa shape index (κ2) is 9.89. The van der Waals surface area contributed by atoms with E-state index in [0.717, 1.165) is 23.5 Å². The molecule has 1 aliphatic carbocycles. The van der Waals surface area contributed by atoms with Gasteiger partial charge in [-0.25, -0.2) is 4.99 Å². The van der Waals surface area contributed by atoms with Gasteiger partial charge in [0.25, 0.3) is 0 Å². The van der Waals surface area contributed by atoms with Crippen LogP contribution in [-0.4, -0.2) is 11.2 Å². The number of fused-ring (bicyclic) bond motifs is 6. The summed E-state index contributed by atoms with van der Waals surface area (Å²) in [4.78, 5) is 8.80. The van der Waals surface area contributed by atoms with E-state index in [2.05, 4.69) is 150 Å². The van der Waals surface area contributed by atoms with Crippen molar-refractivity contribution in [1.82, 2.24) is 0 Å². The van der Waals surface area contributed by atoms with Crippen LogP contribution in [0.2, 0.25) is 0 Å². The monoisotopic (exact) mass is 571 g/mol. The molecule has 0 aromatic heterocycles. The number of benzene rings is 6. The Bertz CT molecular complexity index is 2190. The van der Waals surface area contributed by atoms with E-state index in [0.29, 0.717) is 11.3 Å². The molecule has 0 saturated heterocycles. The van der Waals surface area contributed by atoms with Crippen molar-refractivity contribution in [3.8, 4) is 0 Å². The Kier molecular flexibility index (Phi) is 5.70. The standard InChI is InChI=1S/C39H29N3S/c1-3-10-27(11-4-1)37-41-38(28-12-5-2-6-13-28)42(37)32-20-21-33-30(24-32)17-16-26-19-22-34-36(35(26)33)40-39(43-34)31-18-15-25-9-7-8-14-29(25)23-31/h1-17,19-24,31,37,39-40H,18H2. The fourth-order valence-electron chi connectivity index (χ4n) is 6.85. The van der Waals surface area contributed by atoms with Crippen LogP contribution < -0.4 is 20.7 Å². The maximum Gasteiger partial charge on any atom is 0.154 e. The highest BCUT2D eigenvalue weighted by atomic mass is 32.2. The van der Waals surface area contributed by atoms with E-state index < -0.39 is 0 Å². The molecule has 2 heterocycles. The predicted molar refractivity (Wildman–Crippen MR) is 182 cm³/mol. The second-order valence-corrected chi connectivity index (χ2v) is 12.7. The first-order chi connectivity index (χ1) is 21.3. The lowest BCUT2D eigenvalue weighted by Crippen LogP contribution is -2.43. The molecular weight excluding hydrogens is 543 g/mol. The van der Waals surface area contributed by atoms with Gasteiger partial charge in [0, 0.05) is 27.5 Å². The van der Waals surface area contributed by atoms with Crippen molar-refractivity contribution < 1.29 is 0 Å². The number of amidine groups is 1. The molecular formula is C39H29N3S. The molecule has 0 amide bonds. The Morgan fingerprint density at radius 2 is 1.47 bits per heavy atom. The summed E-state index contributed by atoms with van der Waals surface area (Å²) in [5.74, 6) is 1.46. The third-order valence-corrected chi connectivity index (χ3v) is 10.3. The number of nitrogens with zero attached hydrogens (tertiary/aromatic N) is 2. The van der Waals surface area contributed by atoms with Gasteiger partial charge in [0.2, 0.25) is 0 Å². The van der Waals surface area contributed by atoms with E-state index in [1.54, 1.807) is 0 Å². The van der Waals surface area contributed by atoms with Gasteiger partial charge in [-0.05, 0) is 56.8 Å². The summed E-state index contributed by atoms with van der Waals surface area (Å²) >= 11 is 1.97. The first-order valence-corrected chi connectivity index (χ1v) is 15.9. The molecule has 6 aromatic carbocycles. The van der Waals surface area contributed by atoms with Crippen LogP contribution in [0.4, 0.5) is 11.4 Å². The van der Waals surface area contributed by atoms with Gasteiger partial charge in [0.15, 0.2) is 6.17 Å². The van der Waals surface area contributed by atoms with Gasteiger partial charge in [-0.1, -0.05) is 133 Å². The predicted octanol–water partition coefficient (Wildman–Crippen LogP) is 8.08. The average molecular weight is 572 g/mol. The van der Waals surface area contributed by atoms with E-state index in [1.165, 1.54) is 48.1 Å². The van der Waals surface area contributed by atoms with Crippen LogP contribution in [0.5, 0.6) is 0 Å². The lowest BCUT2D eigenvalue weighted by atomic mass is 9.96. The Balaban J connectivity index is 1.11. The molecule has 6 aromatic rings. The average Bonchev–Trinajstić information content (AvgIpc) is 3.50. The SMILES string of the molecule is C1=c2ccccc2=CC(C2Nc3c(ccc4ccc5cc(N6C(c7ccccc7)=NC6c6ccccc6)ccc5c34)S2)C1. The van der Waals surface area contributed by atoms with Crippen molar-refractivity contribution >= 4 is 62.7 Å². The molecule has 206 valence electrons. The van der Waals surface area contributed by atoms with E-state index in [-0.39, 0.29) is 6.17 Å². The molecule has 3 nitrogen and oxygen atoms in total. The first-order valence-electron chi connectivity index (χ1n) is 15.0. The fraction of sp³-hybridized carbons (Fsp3) is 0.103. The number of hydrogen-bond donors (Lipinski definition) is 1. The minimum Gasteiger partial charge on any atom is -0.371 e. The molecule has 3 aliphatic rings. The minimum absolute atomic E-state index is 0.0361. The zero-order valence-corrected chi connectivity index (χ0v) is 24.3. The maximum absolute atomic E-state index is 5.09. The zero-order chi connectivity index (χ0) is 28.3. The summed E-state index contributed by atoms with van der Waals surface area (Å²) in [5, 5.41) is 12.1. The van der Waals surface area contributed by atoms with Crippen molar-refractivity contribution in [1.29, 1.82) is 0 Å². The van der Waals surface area contributed by atoms with Crippen LogP contribution in [0, 0.1) is 5.92 Å². The van der Waals surface area contributed by atoms with Crippen LogP contribution in [0.25, 0.3) is 33.7 Å². The van der Waals surface area contributed by atoms with Gasteiger partial charge in [-0.15, -0.1) is 0 Å². The largest absolute Gasteiger partial charge is 0.371 e. The highest BCUT2D eigenvalue weighted by molar-refractivity contribution is 8.00. The van der Waals surface area contributed by atoms with E-state index in [9.17, 15) is 0 Å². The van der Waals surface area contributed by atoms with Crippen LogP contribution >= 0.6 is 11.8 Å². The summed E-state index contributed by atoms with van der Waals surface area (Å²) in [6.45, 7) is 0. The Hall–Kier alpha value is -4.80. The second-order valence-electron chi connectivity index (χ2n) is 11.6. The number of anilines is 2. The highest BCUT2D eigenvalue weighted by Gasteiger charge is 2.35. The van der Waals surface area contributed by atoms with Gasteiger partial charge >= 0.3 is 0 Å². The summed E-state index contributed by atoms with van der Waals surface area (Å²) in [6, 6.07) is 45.9. The van der Waals surface area contributed by atoms with E-state index in [4.69, 9.17) is 4.99 Å². The zero-order valence-electron chi connectivity index (χ0n) is 23.5. The Morgan fingerprint density at radius 1 is 0.721 bits per heavy atom. The number of thioether (sulfide) groups is 1. The summed E-state index contributed by atoms with van der Waals surface area (Å²) in [5.41, 5.74) is 4.77. The number of nitrogens with one attached hydrogen (secondary N) is 1. The van der Waals surface area contributed by atoms with E-state index >= 15 is 0 Å². The highest BCUT2D eigenvalue weighted by Crippen LogP contribution is 2.48. The molecule has 3 atom stereocenters. The van der Waals surface area contributed by atoms with Gasteiger partial charge in [-0.3, -0.25) is 4.90 Å². The molecule has 0 saturated carbocycles. The van der Waals surface area contributed by atoms with Gasteiger partial charge < -0.3 is 5.32 Å². The Morgan fingerprint density at radius 3 is 2.33 bits per heavy atom. The van der Waals surface area contributed by atoms with Crippen molar-refractivity contribution in [3.05, 3.63) is 149 Å². The first kappa shape index (κ1) is 24.8. The molecule has 3 unspecified atom stereocenters. The minimum atomic E-state index is -0.0361. The van der Waals surface area contributed by atoms with Gasteiger partial charge in [0.1, 0.15) is 5.84 Å². The maximum atomic E-state index is 5.09. The lowest BCUT2D eigenvalue weighted by molar-refractivity contribution is 0.690. The molecule has 2 aliphatic heterocycles. The normalized spacial score (nSPS) is 20.3. The molecule has 0 radical (unpaired) electrons. The summed E-state index contributed by atoms with van der Waals surface area (Å²) in [6.07, 6.45) is 5.87. The number of rotatable bonds is 4. The van der Waals surface area contributed by atoms with Crippen molar-refractivity contribution in [2.75, 3.05) is 10.2 Å². The quantitative estimate of drug-likeness (QED) is 0.217. The van der Waals surface area contributed by atoms with Gasteiger partial charge in [0.05, 0.1) is 11.1 Å². The number of hydrogen-bond acceptors (Lipinski definition) is 4. The smallest absolute Gasteiger partial charge is 0.154 e. The molecule has 0 spiro atoms. The summed E-state index contributed by atoms with van der Waals surface area (Å²) < 4.78 is 0. The molecule has 1 N–H and O–H groups in total. The fourth-order valence-corrected chi connectivity index (χ4v) is 8.09. The lowest BCUT2D eigenvalue weighted by Gasteiger charge is -2.40. The molecule has 9 rings (SSSR count). The van der Waals surface area contributed by atoms with Gasteiger partial charge in [-0.2, -0.15) is 0 Å². The van der Waals surface area contributed by atoms with Crippen LogP contribution in [0.15, 0.2) is 137 Å². The van der Waals surface area contributed by atoms with E-state index in [1.807, 2.05) is 11.8 Å². The molecule has 4 heteroatoms. The van der Waals surface area contributed by atoms with Crippen LogP contribution in [-0.2, 0) is 0 Å².